The number of sulfonamides is 1. The molecule has 0 spiro atoms. The molecule has 0 unspecified atom stereocenters. The van der Waals surface area contributed by atoms with Crippen molar-refractivity contribution in [3.63, 3.8) is 0 Å². The summed E-state index contributed by atoms with van der Waals surface area (Å²) in [5.41, 5.74) is -0.259. The van der Waals surface area contributed by atoms with Crippen molar-refractivity contribution < 1.29 is 26.4 Å². The lowest BCUT2D eigenvalue weighted by atomic mass is 10.1. The predicted octanol–water partition coefficient (Wildman–Crippen LogP) is 3.32. The van der Waals surface area contributed by atoms with Crippen LogP contribution >= 0.6 is 0 Å². The maximum atomic E-state index is 13.0. The molecule has 9 heteroatoms. The third kappa shape index (κ3) is 5.31. The zero-order chi connectivity index (χ0) is 20.2. The Labute approximate surface area is 154 Å². The number of hydrogen-bond donors (Lipinski definition) is 1. The lowest BCUT2D eigenvalue weighted by Gasteiger charge is -2.12. The van der Waals surface area contributed by atoms with E-state index in [4.69, 9.17) is 5.26 Å². The smallest absolute Gasteiger partial charge is 0.274 e. The van der Waals surface area contributed by atoms with Gasteiger partial charge in [0.2, 0.25) is 5.91 Å². The molecular weight excluding hydrogens is 381 g/mol. The van der Waals surface area contributed by atoms with E-state index in [1.54, 1.807) is 16.9 Å². The minimum atomic E-state index is -4.90. The van der Waals surface area contributed by atoms with Gasteiger partial charge < -0.3 is 0 Å². The lowest BCUT2D eigenvalue weighted by molar-refractivity contribution is -0.137. The van der Waals surface area contributed by atoms with Gasteiger partial charge in [-0.05, 0) is 37.1 Å². The first-order valence-corrected chi connectivity index (χ1v) is 9.24. The fourth-order valence-electron chi connectivity index (χ4n) is 2.41. The molecule has 0 aromatic heterocycles. The Kier molecular flexibility index (Phi) is 5.91. The largest absolute Gasteiger partial charge is 0.417 e. The Bertz CT molecular complexity index is 1010. The van der Waals surface area contributed by atoms with Crippen LogP contribution in [0.1, 0.15) is 28.7 Å². The van der Waals surface area contributed by atoms with E-state index in [0.717, 1.165) is 23.3 Å². The Morgan fingerprint density at radius 1 is 1.19 bits per heavy atom. The van der Waals surface area contributed by atoms with Gasteiger partial charge in [-0.1, -0.05) is 29.8 Å². The number of benzene rings is 2. The first-order chi connectivity index (χ1) is 12.5. The molecule has 1 amide bonds. The van der Waals surface area contributed by atoms with Crippen LogP contribution in [-0.2, 0) is 27.4 Å². The molecule has 2 aromatic carbocycles. The third-order valence-electron chi connectivity index (χ3n) is 3.70. The average Bonchev–Trinajstić information content (AvgIpc) is 2.58. The molecule has 0 bridgehead atoms. The molecule has 1 N–H and O–H groups in total. The lowest BCUT2D eigenvalue weighted by Crippen LogP contribution is -2.31. The fraction of sp³-hybridized carbons (Fsp3) is 0.222. The van der Waals surface area contributed by atoms with Crippen molar-refractivity contribution in [1.29, 1.82) is 5.26 Å². The minimum absolute atomic E-state index is 0.148. The normalized spacial score (nSPS) is 11.7. The van der Waals surface area contributed by atoms with E-state index in [2.05, 4.69) is 0 Å². The molecule has 0 fully saturated rings. The zero-order valence-corrected chi connectivity index (χ0v) is 15.0. The SMILES string of the molecule is Cc1cccc(CCC(=O)NS(=O)(=O)c2ccc(C#N)c(C(F)(F)F)c2)c1. The van der Waals surface area contributed by atoms with Crippen molar-refractivity contribution in [3.05, 3.63) is 64.7 Å². The number of aryl methyl sites for hydroxylation is 2. The molecule has 0 heterocycles. The average molecular weight is 396 g/mol. The molecule has 2 aromatic rings. The molecule has 0 saturated carbocycles. The Morgan fingerprint density at radius 2 is 1.89 bits per heavy atom. The molecular formula is C18H15F3N2O3S. The van der Waals surface area contributed by atoms with Crippen molar-refractivity contribution >= 4 is 15.9 Å². The molecule has 0 aliphatic rings. The van der Waals surface area contributed by atoms with E-state index in [0.29, 0.717) is 6.07 Å². The van der Waals surface area contributed by atoms with Crippen LogP contribution in [0.3, 0.4) is 0 Å². The number of carbonyl (C=O) groups excluding carboxylic acids is 1. The second-order valence-corrected chi connectivity index (χ2v) is 7.52. The minimum Gasteiger partial charge on any atom is -0.274 e. The van der Waals surface area contributed by atoms with Crippen LogP contribution in [0.5, 0.6) is 0 Å². The van der Waals surface area contributed by atoms with Crippen molar-refractivity contribution in [2.75, 3.05) is 0 Å². The molecule has 0 radical (unpaired) electrons. The summed E-state index contributed by atoms with van der Waals surface area (Å²) in [6.07, 6.45) is -4.76. The van der Waals surface area contributed by atoms with E-state index in [1.165, 1.54) is 6.07 Å². The Hall–Kier alpha value is -2.86. The molecule has 0 atom stereocenters. The maximum absolute atomic E-state index is 13.0. The summed E-state index contributed by atoms with van der Waals surface area (Å²) in [6.45, 7) is 1.87. The number of carbonyl (C=O) groups is 1. The standard InChI is InChI=1S/C18H15F3N2O3S/c1-12-3-2-4-13(9-12)5-8-17(24)23-27(25,26)15-7-6-14(11-22)16(10-15)18(19,20)21/h2-4,6-7,9-10H,5,8H2,1H3,(H,23,24). The molecule has 0 aliphatic carbocycles. The highest BCUT2D eigenvalue weighted by atomic mass is 32.2. The number of nitrogens with one attached hydrogen (secondary N) is 1. The second-order valence-electron chi connectivity index (χ2n) is 5.83. The van der Waals surface area contributed by atoms with Gasteiger partial charge in [0.1, 0.15) is 0 Å². The van der Waals surface area contributed by atoms with Crippen molar-refractivity contribution in [1.82, 2.24) is 4.72 Å². The number of hydrogen-bond acceptors (Lipinski definition) is 4. The third-order valence-corrected chi connectivity index (χ3v) is 5.07. The highest BCUT2D eigenvalue weighted by molar-refractivity contribution is 7.90. The number of halogens is 3. The number of alkyl halides is 3. The van der Waals surface area contributed by atoms with Gasteiger partial charge in [-0.3, -0.25) is 4.79 Å². The number of amides is 1. The van der Waals surface area contributed by atoms with Crippen LogP contribution in [0, 0.1) is 18.3 Å². The zero-order valence-electron chi connectivity index (χ0n) is 14.2. The quantitative estimate of drug-likeness (QED) is 0.840. The van der Waals surface area contributed by atoms with Crippen molar-refractivity contribution in [2.45, 2.75) is 30.8 Å². The summed E-state index contributed by atoms with van der Waals surface area (Å²) in [4.78, 5) is 11.2. The van der Waals surface area contributed by atoms with Crippen LogP contribution in [-0.4, -0.2) is 14.3 Å². The molecule has 142 valence electrons. The van der Waals surface area contributed by atoms with Crippen LogP contribution in [0.25, 0.3) is 0 Å². The summed E-state index contributed by atoms with van der Waals surface area (Å²) >= 11 is 0. The number of nitrogens with zero attached hydrogens (tertiary/aromatic N) is 1. The van der Waals surface area contributed by atoms with Gasteiger partial charge in [0.05, 0.1) is 22.1 Å². The predicted molar refractivity (Wildman–Crippen MR) is 91.0 cm³/mol. The van der Waals surface area contributed by atoms with E-state index < -0.39 is 38.1 Å². The van der Waals surface area contributed by atoms with Crippen molar-refractivity contribution in [3.8, 4) is 6.07 Å². The molecule has 27 heavy (non-hydrogen) atoms. The van der Waals surface area contributed by atoms with Gasteiger partial charge in [-0.15, -0.1) is 0 Å². The van der Waals surface area contributed by atoms with Gasteiger partial charge in [0, 0.05) is 6.42 Å². The summed E-state index contributed by atoms with van der Waals surface area (Å²) < 4.78 is 65.1. The van der Waals surface area contributed by atoms with Gasteiger partial charge in [0.25, 0.3) is 10.0 Å². The van der Waals surface area contributed by atoms with Gasteiger partial charge in [-0.25, -0.2) is 13.1 Å². The summed E-state index contributed by atoms with van der Waals surface area (Å²) in [7, 11) is -4.49. The maximum Gasteiger partial charge on any atom is 0.417 e. The van der Waals surface area contributed by atoms with E-state index in [9.17, 15) is 26.4 Å². The van der Waals surface area contributed by atoms with Crippen LogP contribution in [0.4, 0.5) is 13.2 Å². The highest BCUT2D eigenvalue weighted by Gasteiger charge is 2.35. The van der Waals surface area contributed by atoms with E-state index in [1.807, 2.05) is 19.1 Å². The van der Waals surface area contributed by atoms with Gasteiger partial charge in [0.15, 0.2) is 0 Å². The highest BCUT2D eigenvalue weighted by Crippen LogP contribution is 2.33. The van der Waals surface area contributed by atoms with Crippen LogP contribution in [0.15, 0.2) is 47.4 Å². The van der Waals surface area contributed by atoms with E-state index >= 15 is 0 Å². The van der Waals surface area contributed by atoms with Crippen LogP contribution in [0.2, 0.25) is 0 Å². The first-order valence-electron chi connectivity index (χ1n) is 7.75. The summed E-state index contributed by atoms with van der Waals surface area (Å²) in [6, 6.07) is 10.6. The van der Waals surface area contributed by atoms with Crippen LogP contribution < -0.4 is 4.72 Å². The second kappa shape index (κ2) is 7.80. The topological polar surface area (TPSA) is 87.0 Å². The molecule has 2 rings (SSSR count). The van der Waals surface area contributed by atoms with E-state index in [-0.39, 0.29) is 12.8 Å². The van der Waals surface area contributed by atoms with Gasteiger partial charge in [-0.2, -0.15) is 18.4 Å². The molecule has 0 saturated heterocycles. The van der Waals surface area contributed by atoms with Gasteiger partial charge >= 0.3 is 6.18 Å². The summed E-state index contributed by atoms with van der Waals surface area (Å²) in [5.74, 6) is -0.838. The Balaban J connectivity index is 2.16. The molecule has 5 nitrogen and oxygen atoms in total. The fourth-order valence-corrected chi connectivity index (χ4v) is 3.45. The monoisotopic (exact) mass is 396 g/mol. The Morgan fingerprint density at radius 3 is 2.48 bits per heavy atom. The summed E-state index contributed by atoms with van der Waals surface area (Å²) in [5, 5.41) is 8.75. The first kappa shape index (κ1) is 20.5. The number of nitriles is 1. The van der Waals surface area contributed by atoms with Crippen molar-refractivity contribution in [2.24, 2.45) is 0 Å². The number of rotatable bonds is 5. The molecule has 0 aliphatic heterocycles.